The number of nitriles is 1. The molecule has 0 saturated carbocycles. The van der Waals surface area contributed by atoms with E-state index < -0.39 is 5.91 Å². The Hall–Kier alpha value is -3.88. The summed E-state index contributed by atoms with van der Waals surface area (Å²) in [7, 11) is 0. The second-order valence-electron chi connectivity index (χ2n) is 7.30. The minimum Gasteiger partial charge on any atom is -0.508 e. The predicted molar refractivity (Wildman–Crippen MR) is 131 cm³/mol. The molecule has 0 bridgehead atoms. The van der Waals surface area contributed by atoms with Crippen molar-refractivity contribution in [2.24, 2.45) is 0 Å². The highest BCUT2D eigenvalue weighted by Gasteiger charge is 2.14. The molecule has 156 valence electrons. The first-order chi connectivity index (χ1) is 15.5. The van der Waals surface area contributed by atoms with Gasteiger partial charge in [0, 0.05) is 10.2 Å². The van der Waals surface area contributed by atoms with Crippen molar-refractivity contribution < 1.29 is 9.90 Å². The average molecular weight is 483 g/mol. The van der Waals surface area contributed by atoms with Gasteiger partial charge in [-0.25, -0.2) is 0 Å². The van der Waals surface area contributed by atoms with Gasteiger partial charge in [-0.15, -0.1) is 0 Å². The highest BCUT2D eigenvalue weighted by molar-refractivity contribution is 9.10. The number of aromatic hydroxyl groups is 1. The van der Waals surface area contributed by atoms with E-state index in [1.54, 1.807) is 18.2 Å². The van der Waals surface area contributed by atoms with Gasteiger partial charge in [0.15, 0.2) is 0 Å². The Morgan fingerprint density at radius 3 is 2.41 bits per heavy atom. The number of fused-ring (bicyclic) bond motifs is 1. The smallest absolute Gasteiger partial charge is 0.266 e. The lowest BCUT2D eigenvalue weighted by Gasteiger charge is -2.12. The van der Waals surface area contributed by atoms with E-state index in [4.69, 9.17) is 0 Å². The van der Waals surface area contributed by atoms with E-state index in [1.165, 1.54) is 12.1 Å². The molecule has 0 aliphatic rings. The van der Waals surface area contributed by atoms with Gasteiger partial charge in [-0.1, -0.05) is 70.5 Å². The fourth-order valence-corrected chi connectivity index (χ4v) is 3.97. The summed E-state index contributed by atoms with van der Waals surface area (Å²) in [4.78, 5) is 12.8. The number of amides is 1. The fourth-order valence-electron chi connectivity index (χ4n) is 3.55. The van der Waals surface area contributed by atoms with Crippen LogP contribution < -0.4 is 5.32 Å². The number of halogens is 1. The third-order valence-electron chi connectivity index (χ3n) is 5.18. The first-order valence-electron chi connectivity index (χ1n) is 10.0. The second-order valence-corrected chi connectivity index (χ2v) is 8.15. The maximum absolute atomic E-state index is 12.8. The molecule has 4 rings (SSSR count). The predicted octanol–water partition coefficient (Wildman–Crippen LogP) is 6.44. The topological polar surface area (TPSA) is 73.1 Å². The quantitative estimate of drug-likeness (QED) is 0.195. The minimum atomic E-state index is -0.502. The van der Waals surface area contributed by atoms with Gasteiger partial charge in [0.1, 0.15) is 17.4 Å². The van der Waals surface area contributed by atoms with Gasteiger partial charge in [-0.05, 0) is 70.3 Å². The van der Waals surface area contributed by atoms with Gasteiger partial charge < -0.3 is 10.4 Å². The molecule has 4 nitrogen and oxygen atoms in total. The molecule has 0 spiro atoms. The van der Waals surface area contributed by atoms with Crippen molar-refractivity contribution in [1.29, 1.82) is 5.26 Å². The number of carbonyl (C=O) groups is 1. The van der Waals surface area contributed by atoms with Crippen LogP contribution in [0.15, 0.2) is 95.0 Å². The number of phenols is 1. The van der Waals surface area contributed by atoms with Crippen LogP contribution in [-0.4, -0.2) is 11.0 Å². The molecule has 0 radical (unpaired) electrons. The van der Waals surface area contributed by atoms with Crippen LogP contribution in [0.4, 0.5) is 5.69 Å². The van der Waals surface area contributed by atoms with Crippen LogP contribution in [-0.2, 0) is 11.2 Å². The Morgan fingerprint density at radius 2 is 1.66 bits per heavy atom. The molecule has 32 heavy (non-hydrogen) atoms. The second kappa shape index (κ2) is 9.51. The number of nitrogens with one attached hydrogen (secondary N) is 1. The Morgan fingerprint density at radius 1 is 0.938 bits per heavy atom. The van der Waals surface area contributed by atoms with Gasteiger partial charge in [-0.2, -0.15) is 5.26 Å². The maximum Gasteiger partial charge on any atom is 0.266 e. The molecule has 0 aliphatic carbocycles. The lowest BCUT2D eigenvalue weighted by atomic mass is 9.93. The first-order valence-corrected chi connectivity index (χ1v) is 10.8. The number of rotatable bonds is 5. The van der Waals surface area contributed by atoms with E-state index in [9.17, 15) is 15.2 Å². The Balaban J connectivity index is 1.77. The molecule has 0 fully saturated rings. The van der Waals surface area contributed by atoms with E-state index in [0.29, 0.717) is 12.1 Å². The van der Waals surface area contributed by atoms with Crippen molar-refractivity contribution in [3.05, 3.63) is 112 Å². The highest BCUT2D eigenvalue weighted by Crippen LogP contribution is 2.29. The van der Waals surface area contributed by atoms with Crippen LogP contribution in [0.1, 0.15) is 16.7 Å². The summed E-state index contributed by atoms with van der Waals surface area (Å²) in [5.41, 5.74) is 3.48. The molecular weight excluding hydrogens is 464 g/mol. The third-order valence-corrected chi connectivity index (χ3v) is 5.95. The van der Waals surface area contributed by atoms with Crippen molar-refractivity contribution in [3.63, 3.8) is 0 Å². The monoisotopic (exact) mass is 482 g/mol. The standard InChI is InChI=1S/C27H19BrN2O2/c28-26-8-4-2-6-20(26)15-19-10-9-18-5-1-3-7-24(18)25(19)16-21(17-29)27(32)30-22-11-13-23(31)14-12-22/h1-14,16,31H,15H2,(H,30,32)/b21-16+. The van der Waals surface area contributed by atoms with Crippen molar-refractivity contribution in [2.45, 2.75) is 6.42 Å². The molecule has 0 aromatic heterocycles. The molecule has 0 unspecified atom stereocenters. The number of anilines is 1. The zero-order chi connectivity index (χ0) is 22.5. The van der Waals surface area contributed by atoms with Crippen molar-refractivity contribution >= 4 is 44.4 Å². The summed E-state index contributed by atoms with van der Waals surface area (Å²) in [5, 5.41) is 23.9. The normalized spacial score (nSPS) is 11.2. The van der Waals surface area contributed by atoms with Crippen LogP contribution >= 0.6 is 15.9 Å². The van der Waals surface area contributed by atoms with Crippen molar-refractivity contribution in [3.8, 4) is 11.8 Å². The Kier molecular flexibility index (Phi) is 6.34. The van der Waals surface area contributed by atoms with Crippen LogP contribution in [0.2, 0.25) is 0 Å². The summed E-state index contributed by atoms with van der Waals surface area (Å²) in [5.74, 6) is -0.399. The van der Waals surface area contributed by atoms with Gasteiger partial charge in [0.25, 0.3) is 5.91 Å². The van der Waals surface area contributed by atoms with Crippen molar-refractivity contribution in [2.75, 3.05) is 5.32 Å². The number of hydrogen-bond donors (Lipinski definition) is 2. The van der Waals surface area contributed by atoms with Crippen LogP contribution in [0.3, 0.4) is 0 Å². The molecule has 5 heteroatoms. The van der Waals surface area contributed by atoms with E-state index in [1.807, 2.05) is 54.6 Å². The van der Waals surface area contributed by atoms with E-state index in [2.05, 4.69) is 33.4 Å². The van der Waals surface area contributed by atoms with Crippen LogP contribution in [0.25, 0.3) is 16.8 Å². The number of phenolic OH excluding ortho intramolecular Hbond substituents is 1. The molecular formula is C27H19BrN2O2. The summed E-state index contributed by atoms with van der Waals surface area (Å²) < 4.78 is 1.01. The third kappa shape index (κ3) is 4.72. The largest absolute Gasteiger partial charge is 0.508 e. The fraction of sp³-hybridized carbons (Fsp3) is 0.0370. The van der Waals surface area contributed by atoms with Gasteiger partial charge in [-0.3, -0.25) is 4.79 Å². The Labute approximate surface area is 194 Å². The summed E-state index contributed by atoms with van der Waals surface area (Å²) in [6, 6.07) is 28.2. The van der Waals surface area contributed by atoms with E-state index in [0.717, 1.165) is 31.9 Å². The van der Waals surface area contributed by atoms with Gasteiger partial charge >= 0.3 is 0 Å². The first kappa shape index (κ1) is 21.4. The van der Waals surface area contributed by atoms with Crippen LogP contribution in [0, 0.1) is 11.3 Å². The molecule has 0 saturated heterocycles. The lowest BCUT2D eigenvalue weighted by Crippen LogP contribution is -2.13. The number of benzene rings is 4. The molecule has 4 aromatic carbocycles. The van der Waals surface area contributed by atoms with Crippen molar-refractivity contribution in [1.82, 2.24) is 0 Å². The number of hydrogen-bond acceptors (Lipinski definition) is 3. The average Bonchev–Trinajstić information content (AvgIpc) is 2.81. The molecule has 4 aromatic rings. The summed E-state index contributed by atoms with van der Waals surface area (Å²) in [6.07, 6.45) is 2.31. The highest BCUT2D eigenvalue weighted by atomic mass is 79.9. The molecule has 0 heterocycles. The van der Waals surface area contributed by atoms with E-state index in [-0.39, 0.29) is 11.3 Å². The summed E-state index contributed by atoms with van der Waals surface area (Å²) in [6.45, 7) is 0. The zero-order valence-electron chi connectivity index (χ0n) is 17.0. The van der Waals surface area contributed by atoms with Gasteiger partial charge in [0.05, 0.1) is 0 Å². The zero-order valence-corrected chi connectivity index (χ0v) is 18.6. The SMILES string of the molecule is N#C/C(=C\c1c(Cc2ccccc2Br)ccc2ccccc12)C(=O)Nc1ccc(O)cc1. The van der Waals surface area contributed by atoms with E-state index >= 15 is 0 Å². The molecule has 0 atom stereocenters. The summed E-state index contributed by atoms with van der Waals surface area (Å²) >= 11 is 3.61. The number of nitrogens with zero attached hydrogens (tertiary/aromatic N) is 1. The van der Waals surface area contributed by atoms with Crippen LogP contribution in [0.5, 0.6) is 5.75 Å². The molecule has 1 amide bonds. The number of carbonyl (C=O) groups excluding carboxylic acids is 1. The molecule has 0 aliphatic heterocycles. The lowest BCUT2D eigenvalue weighted by molar-refractivity contribution is -0.112. The maximum atomic E-state index is 12.8. The Bertz CT molecular complexity index is 1370. The molecule has 2 N–H and O–H groups in total. The minimum absolute atomic E-state index is 0.00260. The van der Waals surface area contributed by atoms with Gasteiger partial charge in [0.2, 0.25) is 0 Å².